The number of benzene rings is 3. The van der Waals surface area contributed by atoms with Gasteiger partial charge in [-0.25, -0.2) is 0 Å². The second-order valence-corrected chi connectivity index (χ2v) is 14.3. The lowest BCUT2D eigenvalue weighted by Crippen LogP contribution is -2.56. The van der Waals surface area contributed by atoms with Crippen molar-refractivity contribution in [1.29, 1.82) is 0 Å². The number of ether oxygens (including phenoxy) is 2. The SMILES string of the molecule is CNC(=O)[C@H](CCCc1ccccc1)NC(=O)C1CN(C(=O)c2c[nH]c3cc(C)ccc23)CC2CN(C(=O)c3ccc(OC(C)C)c(OC)c3)CC21. The summed E-state index contributed by atoms with van der Waals surface area (Å²) in [5, 5.41) is 6.57. The van der Waals surface area contributed by atoms with Crippen LogP contribution < -0.4 is 20.1 Å². The molecule has 6 rings (SSSR count). The number of hydrogen-bond acceptors (Lipinski definition) is 6. The van der Waals surface area contributed by atoms with Crippen LogP contribution in [0.2, 0.25) is 0 Å². The lowest BCUT2D eigenvalue weighted by molar-refractivity contribution is -0.133. The number of likely N-dealkylation sites (tertiary alicyclic amines) is 2. The molecule has 4 atom stereocenters. The predicted molar refractivity (Wildman–Crippen MR) is 199 cm³/mol. The maximum atomic E-state index is 14.3. The number of aromatic nitrogens is 1. The lowest BCUT2D eigenvalue weighted by Gasteiger charge is -2.39. The smallest absolute Gasteiger partial charge is 0.256 e. The Morgan fingerprint density at radius 3 is 2.37 bits per heavy atom. The quantitative estimate of drug-likeness (QED) is 0.190. The van der Waals surface area contributed by atoms with Gasteiger partial charge >= 0.3 is 0 Å². The zero-order valence-electron chi connectivity index (χ0n) is 30.6. The third-order valence-corrected chi connectivity index (χ3v) is 10.3. The summed E-state index contributed by atoms with van der Waals surface area (Å²) in [6.07, 6.45) is 3.60. The van der Waals surface area contributed by atoms with Gasteiger partial charge in [0.25, 0.3) is 11.8 Å². The van der Waals surface area contributed by atoms with Crippen LogP contribution in [0.4, 0.5) is 0 Å². The molecule has 0 radical (unpaired) electrons. The van der Waals surface area contributed by atoms with Crippen LogP contribution in [-0.2, 0) is 16.0 Å². The van der Waals surface area contributed by atoms with E-state index < -0.39 is 12.0 Å². The third kappa shape index (κ3) is 7.93. The van der Waals surface area contributed by atoms with E-state index in [-0.39, 0.29) is 48.1 Å². The Hall–Kier alpha value is -5.32. The van der Waals surface area contributed by atoms with Crippen LogP contribution in [-0.4, -0.2) is 90.9 Å². The van der Waals surface area contributed by atoms with Gasteiger partial charge in [0.15, 0.2) is 11.5 Å². The van der Waals surface area contributed by atoms with Crippen LogP contribution in [0, 0.1) is 24.7 Å². The number of aryl methyl sites for hydroxylation is 2. The summed E-state index contributed by atoms with van der Waals surface area (Å²) >= 11 is 0. The van der Waals surface area contributed by atoms with E-state index in [0.29, 0.717) is 55.1 Å². The van der Waals surface area contributed by atoms with Crippen molar-refractivity contribution in [3.05, 3.63) is 95.2 Å². The number of methoxy groups -OCH3 is 1. The number of fused-ring (bicyclic) bond motifs is 2. The largest absolute Gasteiger partial charge is 0.493 e. The Labute approximate surface area is 305 Å². The molecule has 11 heteroatoms. The number of carbonyl (C=O) groups is 4. The number of aromatic amines is 1. The number of amides is 4. The fourth-order valence-corrected chi connectivity index (χ4v) is 7.68. The zero-order chi connectivity index (χ0) is 36.9. The maximum absolute atomic E-state index is 14.3. The molecule has 0 aliphatic carbocycles. The molecule has 3 aromatic carbocycles. The molecular formula is C41H49N5O6. The highest BCUT2D eigenvalue weighted by atomic mass is 16.5. The molecule has 4 aromatic rings. The van der Waals surface area contributed by atoms with E-state index in [1.165, 1.54) is 0 Å². The van der Waals surface area contributed by atoms with E-state index in [4.69, 9.17) is 9.47 Å². The second kappa shape index (κ2) is 15.9. The first-order valence-corrected chi connectivity index (χ1v) is 18.1. The van der Waals surface area contributed by atoms with Crippen molar-refractivity contribution in [2.75, 3.05) is 40.3 Å². The van der Waals surface area contributed by atoms with E-state index in [1.807, 2.05) is 69.3 Å². The molecular weight excluding hydrogens is 658 g/mol. The first kappa shape index (κ1) is 36.5. The highest BCUT2D eigenvalue weighted by molar-refractivity contribution is 6.07. The summed E-state index contributed by atoms with van der Waals surface area (Å²) in [6, 6.07) is 20.4. The van der Waals surface area contributed by atoms with Gasteiger partial charge in [-0.1, -0.05) is 42.5 Å². The van der Waals surface area contributed by atoms with Gasteiger partial charge in [-0.2, -0.15) is 0 Å². The molecule has 2 saturated heterocycles. The summed E-state index contributed by atoms with van der Waals surface area (Å²) in [4.78, 5) is 62.2. The molecule has 274 valence electrons. The van der Waals surface area contributed by atoms with Crippen LogP contribution in [0.1, 0.15) is 58.5 Å². The van der Waals surface area contributed by atoms with Crippen molar-refractivity contribution in [3.63, 3.8) is 0 Å². The summed E-state index contributed by atoms with van der Waals surface area (Å²) < 4.78 is 11.4. The van der Waals surface area contributed by atoms with Crippen molar-refractivity contribution in [1.82, 2.24) is 25.4 Å². The minimum absolute atomic E-state index is 0.0638. The number of nitrogens with one attached hydrogen (secondary N) is 3. The van der Waals surface area contributed by atoms with Gasteiger partial charge in [0.2, 0.25) is 11.8 Å². The average Bonchev–Trinajstić information content (AvgIpc) is 3.77. The molecule has 4 amide bonds. The van der Waals surface area contributed by atoms with Crippen molar-refractivity contribution < 1.29 is 28.7 Å². The number of rotatable bonds is 12. The van der Waals surface area contributed by atoms with Crippen LogP contribution in [0.25, 0.3) is 10.9 Å². The van der Waals surface area contributed by atoms with Gasteiger partial charge in [0.05, 0.1) is 24.7 Å². The minimum atomic E-state index is -0.735. The molecule has 52 heavy (non-hydrogen) atoms. The van der Waals surface area contributed by atoms with Gasteiger partial charge in [0.1, 0.15) is 6.04 Å². The number of nitrogens with zero attached hydrogens (tertiary/aromatic N) is 2. The highest BCUT2D eigenvalue weighted by Gasteiger charge is 2.48. The van der Waals surface area contributed by atoms with Gasteiger partial charge in [-0.15, -0.1) is 0 Å². The van der Waals surface area contributed by atoms with Gasteiger partial charge < -0.3 is 34.9 Å². The van der Waals surface area contributed by atoms with Crippen molar-refractivity contribution in [3.8, 4) is 11.5 Å². The molecule has 3 heterocycles. The molecule has 3 N–H and O–H groups in total. The molecule has 11 nitrogen and oxygen atoms in total. The summed E-state index contributed by atoms with van der Waals surface area (Å²) in [7, 11) is 3.11. The van der Waals surface area contributed by atoms with Crippen molar-refractivity contribution >= 4 is 34.5 Å². The molecule has 2 aliphatic heterocycles. The predicted octanol–water partition coefficient (Wildman–Crippen LogP) is 4.99. The van der Waals surface area contributed by atoms with Crippen LogP contribution in [0.5, 0.6) is 11.5 Å². The average molecular weight is 708 g/mol. The number of carbonyl (C=O) groups excluding carboxylic acids is 4. The second-order valence-electron chi connectivity index (χ2n) is 14.3. The first-order chi connectivity index (χ1) is 25.1. The topological polar surface area (TPSA) is 133 Å². The van der Waals surface area contributed by atoms with Gasteiger partial charge in [0, 0.05) is 55.9 Å². The first-order valence-electron chi connectivity index (χ1n) is 18.1. The molecule has 2 aliphatic rings. The van der Waals surface area contributed by atoms with Crippen molar-refractivity contribution in [2.45, 2.75) is 52.2 Å². The molecule has 0 bridgehead atoms. The Morgan fingerprint density at radius 1 is 0.904 bits per heavy atom. The summed E-state index contributed by atoms with van der Waals surface area (Å²) in [6.45, 7) is 7.15. The van der Waals surface area contributed by atoms with E-state index in [0.717, 1.165) is 28.5 Å². The number of piperidine rings is 1. The Bertz CT molecular complexity index is 1920. The fraction of sp³-hybridized carbons (Fsp3) is 0.415. The van der Waals surface area contributed by atoms with Crippen LogP contribution in [0.3, 0.4) is 0 Å². The third-order valence-electron chi connectivity index (χ3n) is 10.3. The lowest BCUT2D eigenvalue weighted by atomic mass is 9.79. The molecule has 2 fully saturated rings. The standard InChI is InChI=1S/C41H49N5O6/c1-25(2)52-36-17-15-28(19-37(36)51-5)40(49)45-21-29-22-46(41(50)31-20-43-35-18-26(3)14-16-30(31)35)24-33(32(29)23-45)38(47)44-34(39(48)42-4)13-9-12-27-10-7-6-8-11-27/h6-8,10-11,14-20,25,29,32-34,43H,9,12-13,21-24H2,1-5H3,(H,42,48)(H,44,47)/t29?,32?,33?,34-/m0/s1. The number of H-pyrrole nitrogens is 1. The molecule has 1 aromatic heterocycles. The van der Waals surface area contributed by atoms with Crippen LogP contribution >= 0.6 is 0 Å². The fourth-order valence-electron chi connectivity index (χ4n) is 7.68. The van der Waals surface area contributed by atoms with Gasteiger partial charge in [-0.3, -0.25) is 19.2 Å². The van der Waals surface area contributed by atoms with Crippen molar-refractivity contribution in [2.24, 2.45) is 17.8 Å². The van der Waals surface area contributed by atoms with E-state index in [1.54, 1.807) is 48.4 Å². The minimum Gasteiger partial charge on any atom is -0.493 e. The Morgan fingerprint density at radius 2 is 1.65 bits per heavy atom. The maximum Gasteiger partial charge on any atom is 0.256 e. The van der Waals surface area contributed by atoms with E-state index in [9.17, 15) is 19.2 Å². The normalized spacial score (nSPS) is 18.9. The zero-order valence-corrected chi connectivity index (χ0v) is 30.6. The molecule has 0 saturated carbocycles. The van der Waals surface area contributed by atoms with Gasteiger partial charge in [-0.05, 0) is 87.3 Å². The summed E-state index contributed by atoms with van der Waals surface area (Å²) in [5.41, 5.74) is 4.10. The van der Waals surface area contributed by atoms with E-state index in [2.05, 4.69) is 15.6 Å². The Balaban J connectivity index is 1.24. The molecule has 0 spiro atoms. The number of hydrogen-bond donors (Lipinski definition) is 3. The summed E-state index contributed by atoms with van der Waals surface area (Å²) in [5.74, 6) is -0.886. The van der Waals surface area contributed by atoms with Crippen LogP contribution in [0.15, 0.2) is 72.9 Å². The number of likely N-dealkylation sites (N-methyl/N-ethyl adjacent to an activating group) is 1. The van der Waals surface area contributed by atoms with E-state index >= 15 is 0 Å². The molecule has 3 unspecified atom stereocenters. The Kier molecular flexibility index (Phi) is 11.2. The monoisotopic (exact) mass is 707 g/mol. The highest BCUT2D eigenvalue weighted by Crippen LogP contribution is 2.38.